The molecule has 2 aliphatic rings. The van der Waals surface area contributed by atoms with E-state index in [0.717, 1.165) is 17.9 Å². The Labute approximate surface area is 215 Å². The number of likely N-dealkylation sites (tertiary alicyclic amines) is 1. The van der Waals surface area contributed by atoms with Crippen LogP contribution in [0.15, 0.2) is 54.6 Å². The number of rotatable bonds is 7. The van der Waals surface area contributed by atoms with Crippen LogP contribution in [0.4, 0.5) is 5.69 Å². The van der Waals surface area contributed by atoms with Crippen LogP contribution in [0.2, 0.25) is 0 Å². The lowest BCUT2D eigenvalue weighted by molar-refractivity contribution is -0.132. The van der Waals surface area contributed by atoms with Gasteiger partial charge in [-0.3, -0.25) is 14.4 Å². The van der Waals surface area contributed by atoms with E-state index in [4.69, 9.17) is 10.3 Å². The molecule has 0 bridgehead atoms. The summed E-state index contributed by atoms with van der Waals surface area (Å²) in [4.78, 5) is 51.4. The first-order chi connectivity index (χ1) is 16.8. The van der Waals surface area contributed by atoms with E-state index in [1.165, 1.54) is 29.2 Å². The molecule has 10 nitrogen and oxygen atoms in total. The van der Waals surface area contributed by atoms with Gasteiger partial charge in [0.1, 0.15) is 11.5 Å². The summed E-state index contributed by atoms with van der Waals surface area (Å²) in [6.45, 7) is 0.793. The molecule has 12 heteroatoms. The van der Waals surface area contributed by atoms with E-state index < -0.39 is 25.2 Å². The Kier molecular flexibility index (Phi) is 9.27. The second-order valence-electron chi connectivity index (χ2n) is 8.56. The molecule has 194 valence electrons. The van der Waals surface area contributed by atoms with Crippen molar-refractivity contribution >= 4 is 43.4 Å². The van der Waals surface area contributed by atoms with Crippen molar-refractivity contribution in [3.63, 3.8) is 0 Å². The Morgan fingerprint density at radius 2 is 1.78 bits per heavy atom. The fraction of sp³-hybridized carbons (Fsp3) is 0.375. The summed E-state index contributed by atoms with van der Waals surface area (Å²) >= 11 is 0. The monoisotopic (exact) mass is 536 g/mol. The fourth-order valence-corrected chi connectivity index (χ4v) is 6.12. The topological polar surface area (TPSA) is 142 Å². The average Bonchev–Trinajstić information content (AvgIpc) is 3.58. The molecule has 2 aromatic rings. The summed E-state index contributed by atoms with van der Waals surface area (Å²) in [5.74, 6) is -2.14. The van der Waals surface area contributed by atoms with Gasteiger partial charge in [-0.15, -0.1) is 12.4 Å². The molecule has 2 aromatic carbocycles. The summed E-state index contributed by atoms with van der Waals surface area (Å²) < 4.78 is 18.6. The summed E-state index contributed by atoms with van der Waals surface area (Å²) in [6, 6.07) is 13.7. The molecule has 2 aliphatic heterocycles. The van der Waals surface area contributed by atoms with Crippen molar-refractivity contribution in [1.82, 2.24) is 10.2 Å². The molecular formula is C24H30ClN4O6P. The van der Waals surface area contributed by atoms with Crippen molar-refractivity contribution in [3.05, 3.63) is 60.2 Å². The summed E-state index contributed by atoms with van der Waals surface area (Å²) in [6.07, 6.45) is 2.59. The highest BCUT2D eigenvalue weighted by Crippen LogP contribution is 2.53. The van der Waals surface area contributed by atoms with Gasteiger partial charge < -0.3 is 25.4 Å². The number of carbonyl (C=O) groups excluding carboxylic acids is 3. The van der Waals surface area contributed by atoms with Crippen molar-refractivity contribution in [2.45, 2.75) is 37.5 Å². The van der Waals surface area contributed by atoms with Crippen LogP contribution in [-0.4, -0.2) is 59.0 Å². The average molecular weight is 537 g/mol. The Morgan fingerprint density at radius 1 is 1.08 bits per heavy atom. The van der Waals surface area contributed by atoms with E-state index >= 15 is 0 Å². The maximum Gasteiger partial charge on any atom is 0.398 e. The zero-order valence-corrected chi connectivity index (χ0v) is 21.3. The van der Waals surface area contributed by atoms with Gasteiger partial charge in [-0.05, 0) is 68.6 Å². The Hall–Kier alpha value is -2.75. The molecule has 0 aliphatic carbocycles. The molecule has 0 aromatic heterocycles. The number of nitrogens with one attached hydrogen (secondary N) is 1. The van der Waals surface area contributed by atoms with E-state index in [1.54, 1.807) is 30.3 Å². The van der Waals surface area contributed by atoms with Crippen molar-refractivity contribution in [2.24, 2.45) is 5.73 Å². The van der Waals surface area contributed by atoms with Crippen molar-refractivity contribution in [2.75, 3.05) is 24.5 Å². The highest BCUT2D eigenvalue weighted by atomic mass is 35.5. The van der Waals surface area contributed by atoms with Crippen LogP contribution in [0, 0.1) is 0 Å². The summed E-state index contributed by atoms with van der Waals surface area (Å²) in [5.41, 5.74) is 6.08. The first-order valence-electron chi connectivity index (χ1n) is 11.6. The molecule has 4 N–H and O–H groups in total. The molecule has 2 saturated heterocycles. The van der Waals surface area contributed by atoms with Crippen LogP contribution < -0.4 is 20.5 Å². The molecule has 0 spiro atoms. The SMILES string of the molecule is Cl.NCC(=O)N(C(=O)c1ccccc1)c1ccc(OP(=O)(O)[C@@H]2CCCN2C(=O)[C@@H]2CCCN2)cc1. The molecule has 0 saturated carbocycles. The molecule has 2 heterocycles. The fourth-order valence-electron chi connectivity index (χ4n) is 4.48. The lowest BCUT2D eigenvalue weighted by atomic mass is 10.1. The van der Waals surface area contributed by atoms with Crippen molar-refractivity contribution < 1.29 is 28.4 Å². The van der Waals surface area contributed by atoms with Gasteiger partial charge in [0, 0.05) is 12.1 Å². The largest absolute Gasteiger partial charge is 0.423 e. The number of amides is 3. The van der Waals surface area contributed by atoms with Gasteiger partial charge >= 0.3 is 7.60 Å². The first-order valence-corrected chi connectivity index (χ1v) is 13.2. The van der Waals surface area contributed by atoms with Crippen LogP contribution in [0.3, 0.4) is 0 Å². The lowest BCUT2D eigenvalue weighted by Crippen LogP contribution is -2.46. The zero-order valence-electron chi connectivity index (χ0n) is 19.6. The van der Waals surface area contributed by atoms with Gasteiger partial charge in [-0.25, -0.2) is 9.46 Å². The standard InChI is InChI=1S/C24H29N4O6P.ClH/c25-16-21(29)28(23(30)17-6-2-1-3-7-17)18-10-12-19(13-11-18)34-35(32,33)22-9-5-15-27(22)24(31)20-8-4-14-26-20;/h1-3,6-7,10-13,20,22,26H,4-5,8-9,14-16,25H2,(H,32,33);1H/t20-,22+;/m0./s1. The number of anilines is 1. The smallest absolute Gasteiger partial charge is 0.398 e. The van der Waals surface area contributed by atoms with Crippen LogP contribution in [-0.2, 0) is 14.2 Å². The Bertz CT molecular complexity index is 1130. The number of imide groups is 1. The highest BCUT2D eigenvalue weighted by molar-refractivity contribution is 7.54. The van der Waals surface area contributed by atoms with Gasteiger partial charge in [0.15, 0.2) is 0 Å². The molecule has 36 heavy (non-hydrogen) atoms. The van der Waals surface area contributed by atoms with Gasteiger partial charge in [-0.1, -0.05) is 18.2 Å². The second-order valence-corrected chi connectivity index (χ2v) is 10.5. The predicted octanol–water partition coefficient (Wildman–Crippen LogP) is 2.51. The molecular weight excluding hydrogens is 507 g/mol. The molecule has 3 atom stereocenters. The maximum absolute atomic E-state index is 13.2. The number of hydrogen-bond acceptors (Lipinski definition) is 7. The third kappa shape index (κ3) is 5.96. The van der Waals surface area contributed by atoms with Crippen LogP contribution in [0.5, 0.6) is 5.75 Å². The van der Waals surface area contributed by atoms with Crippen LogP contribution >= 0.6 is 20.0 Å². The zero-order chi connectivity index (χ0) is 25.0. The minimum absolute atomic E-state index is 0. The molecule has 0 radical (unpaired) electrons. The predicted molar refractivity (Wildman–Crippen MR) is 137 cm³/mol. The quantitative estimate of drug-likeness (QED) is 0.458. The summed E-state index contributed by atoms with van der Waals surface area (Å²) in [5, 5.41) is 3.13. The highest BCUT2D eigenvalue weighted by Gasteiger charge is 2.45. The molecule has 1 unspecified atom stereocenters. The Morgan fingerprint density at radius 3 is 2.39 bits per heavy atom. The molecule has 2 fully saturated rings. The minimum atomic E-state index is -4.23. The van der Waals surface area contributed by atoms with E-state index in [1.807, 2.05) is 0 Å². The Balaban J connectivity index is 0.00000361. The second kappa shape index (κ2) is 12.0. The number of carbonyl (C=O) groups is 3. The van der Waals surface area contributed by atoms with Crippen molar-refractivity contribution in [1.29, 1.82) is 0 Å². The third-order valence-corrected chi connectivity index (χ3v) is 7.98. The van der Waals surface area contributed by atoms with Gasteiger partial charge in [0.25, 0.3) is 5.91 Å². The first kappa shape index (κ1) is 27.8. The molecule has 4 rings (SSSR count). The maximum atomic E-state index is 13.2. The molecule has 3 amide bonds. The summed E-state index contributed by atoms with van der Waals surface area (Å²) in [7, 11) is -4.23. The number of hydrogen-bond donors (Lipinski definition) is 3. The number of nitrogens with zero attached hydrogens (tertiary/aromatic N) is 2. The van der Waals surface area contributed by atoms with Crippen LogP contribution in [0.25, 0.3) is 0 Å². The van der Waals surface area contributed by atoms with Crippen molar-refractivity contribution in [3.8, 4) is 5.75 Å². The van der Waals surface area contributed by atoms with E-state index in [9.17, 15) is 23.8 Å². The van der Waals surface area contributed by atoms with Crippen LogP contribution in [0.1, 0.15) is 36.0 Å². The number of benzene rings is 2. The normalized spacial score (nSPS) is 20.8. The van der Waals surface area contributed by atoms with E-state index in [0.29, 0.717) is 31.4 Å². The van der Waals surface area contributed by atoms with E-state index in [-0.39, 0.29) is 42.3 Å². The minimum Gasteiger partial charge on any atom is -0.423 e. The van der Waals surface area contributed by atoms with Gasteiger partial charge in [0.2, 0.25) is 11.8 Å². The third-order valence-electron chi connectivity index (χ3n) is 6.22. The van der Waals surface area contributed by atoms with Gasteiger partial charge in [-0.2, -0.15) is 0 Å². The number of nitrogens with two attached hydrogens (primary N) is 1. The number of halogens is 1. The van der Waals surface area contributed by atoms with Gasteiger partial charge in [0.05, 0.1) is 18.3 Å². The lowest BCUT2D eigenvalue weighted by Gasteiger charge is -2.30. The van der Waals surface area contributed by atoms with E-state index in [2.05, 4.69) is 5.32 Å².